The van der Waals surface area contributed by atoms with Crippen LogP contribution in [0, 0.1) is 5.41 Å². The van der Waals surface area contributed by atoms with E-state index in [-0.39, 0.29) is 12.3 Å². The van der Waals surface area contributed by atoms with Crippen LogP contribution in [-0.2, 0) is 9.59 Å². The van der Waals surface area contributed by atoms with E-state index in [1.54, 1.807) is 33.0 Å². The zero-order valence-electron chi connectivity index (χ0n) is 10.6. The number of carbonyl (C=O) groups is 2. The van der Waals surface area contributed by atoms with E-state index >= 15 is 0 Å². The Hall–Kier alpha value is -1.36. The Morgan fingerprint density at radius 1 is 1.28 bits per heavy atom. The summed E-state index contributed by atoms with van der Waals surface area (Å²) in [6, 6.07) is 7.27. The van der Waals surface area contributed by atoms with Gasteiger partial charge in [-0.25, -0.2) is 0 Å². The van der Waals surface area contributed by atoms with Crippen molar-refractivity contribution in [1.82, 2.24) is 0 Å². The van der Waals surface area contributed by atoms with E-state index < -0.39 is 11.4 Å². The van der Waals surface area contributed by atoms with Crippen LogP contribution in [0.25, 0.3) is 0 Å². The van der Waals surface area contributed by atoms with E-state index in [2.05, 4.69) is 15.9 Å². The zero-order chi connectivity index (χ0) is 13.9. The molecule has 1 N–H and O–H groups in total. The van der Waals surface area contributed by atoms with Crippen molar-refractivity contribution >= 4 is 33.5 Å². The van der Waals surface area contributed by atoms with Crippen LogP contribution in [0.3, 0.4) is 0 Å². The molecule has 0 heterocycles. The molecular weight excluding hydrogens is 298 g/mol. The number of hydrogen-bond acceptors (Lipinski definition) is 2. The molecule has 18 heavy (non-hydrogen) atoms. The molecule has 0 aliphatic rings. The Kier molecular flexibility index (Phi) is 4.51. The smallest absolute Gasteiger partial charge is 0.309 e. The Morgan fingerprint density at radius 2 is 1.78 bits per heavy atom. The van der Waals surface area contributed by atoms with E-state index in [0.29, 0.717) is 0 Å². The first kappa shape index (κ1) is 14.7. The number of carboxylic acid groups (broad SMARTS) is 1. The van der Waals surface area contributed by atoms with Crippen molar-refractivity contribution < 1.29 is 14.7 Å². The van der Waals surface area contributed by atoms with Crippen molar-refractivity contribution in [3.05, 3.63) is 28.7 Å². The summed E-state index contributed by atoms with van der Waals surface area (Å²) in [5.41, 5.74) is -0.315. The highest BCUT2D eigenvalue weighted by Gasteiger charge is 2.31. The number of hydrogen-bond donors (Lipinski definition) is 1. The van der Waals surface area contributed by atoms with Crippen molar-refractivity contribution in [3.8, 4) is 0 Å². The van der Waals surface area contributed by atoms with Gasteiger partial charge in [0.15, 0.2) is 0 Å². The van der Waals surface area contributed by atoms with Crippen molar-refractivity contribution in [1.29, 1.82) is 0 Å². The number of rotatable bonds is 4. The normalized spacial score (nSPS) is 11.1. The van der Waals surface area contributed by atoms with E-state index in [9.17, 15) is 9.59 Å². The first-order valence-electron chi connectivity index (χ1n) is 5.49. The molecule has 4 nitrogen and oxygen atoms in total. The Balaban J connectivity index is 2.79. The SMILES string of the molecule is CN(C(=O)CC(C)(C)C(=O)O)c1ccc(Br)cc1. The maximum atomic E-state index is 12.0. The number of carbonyl (C=O) groups excluding carboxylic acids is 1. The molecule has 0 aliphatic carbocycles. The molecule has 98 valence electrons. The summed E-state index contributed by atoms with van der Waals surface area (Å²) >= 11 is 3.32. The lowest BCUT2D eigenvalue weighted by Gasteiger charge is -2.23. The highest BCUT2D eigenvalue weighted by molar-refractivity contribution is 9.10. The summed E-state index contributed by atoms with van der Waals surface area (Å²) in [6.07, 6.45) is -0.0328. The molecule has 1 aromatic rings. The molecule has 1 rings (SSSR count). The Bertz CT molecular complexity index is 454. The highest BCUT2D eigenvalue weighted by atomic mass is 79.9. The minimum atomic E-state index is -1.05. The molecule has 0 fully saturated rings. The quantitative estimate of drug-likeness (QED) is 0.929. The molecule has 1 amide bonds. The van der Waals surface area contributed by atoms with Gasteiger partial charge >= 0.3 is 5.97 Å². The lowest BCUT2D eigenvalue weighted by atomic mass is 9.89. The summed E-state index contributed by atoms with van der Waals surface area (Å²) in [6.45, 7) is 3.09. The summed E-state index contributed by atoms with van der Waals surface area (Å²) < 4.78 is 0.929. The van der Waals surface area contributed by atoms with Crippen LogP contribution in [0.2, 0.25) is 0 Å². The topological polar surface area (TPSA) is 57.6 Å². The van der Waals surface area contributed by atoms with Gasteiger partial charge in [0, 0.05) is 23.6 Å². The van der Waals surface area contributed by atoms with Gasteiger partial charge in [0.05, 0.1) is 5.41 Å². The van der Waals surface area contributed by atoms with Crippen LogP contribution in [0.1, 0.15) is 20.3 Å². The van der Waals surface area contributed by atoms with Crippen LogP contribution < -0.4 is 4.90 Å². The Morgan fingerprint density at radius 3 is 2.22 bits per heavy atom. The van der Waals surface area contributed by atoms with Crippen LogP contribution >= 0.6 is 15.9 Å². The van der Waals surface area contributed by atoms with Gasteiger partial charge in [-0.2, -0.15) is 0 Å². The third-order valence-electron chi connectivity index (χ3n) is 2.76. The molecule has 0 saturated carbocycles. The van der Waals surface area contributed by atoms with Crippen molar-refractivity contribution in [2.75, 3.05) is 11.9 Å². The van der Waals surface area contributed by atoms with Crippen LogP contribution in [0.5, 0.6) is 0 Å². The van der Waals surface area contributed by atoms with Gasteiger partial charge in [-0.05, 0) is 38.1 Å². The highest BCUT2D eigenvalue weighted by Crippen LogP contribution is 2.24. The second-order valence-corrected chi connectivity index (χ2v) is 5.71. The number of amides is 1. The molecule has 0 bridgehead atoms. The molecule has 0 aromatic heterocycles. The van der Waals surface area contributed by atoms with Crippen LogP contribution in [-0.4, -0.2) is 24.0 Å². The van der Waals surface area contributed by atoms with Gasteiger partial charge in [-0.15, -0.1) is 0 Å². The summed E-state index contributed by atoms with van der Waals surface area (Å²) in [5.74, 6) is -1.19. The van der Waals surface area contributed by atoms with Crippen molar-refractivity contribution in [2.45, 2.75) is 20.3 Å². The molecule has 0 saturated heterocycles. The standard InChI is InChI=1S/C13H16BrNO3/c1-13(2,12(17)18)8-11(16)15(3)10-6-4-9(14)5-7-10/h4-7H,8H2,1-3H3,(H,17,18). The maximum absolute atomic E-state index is 12.0. The molecule has 0 aliphatic heterocycles. The van der Waals surface area contributed by atoms with Crippen LogP contribution in [0.15, 0.2) is 28.7 Å². The summed E-state index contributed by atoms with van der Waals surface area (Å²) in [5, 5.41) is 9.00. The first-order valence-corrected chi connectivity index (χ1v) is 6.29. The predicted molar refractivity (Wildman–Crippen MR) is 73.6 cm³/mol. The molecule has 0 spiro atoms. The summed E-state index contributed by atoms with van der Waals surface area (Å²) in [7, 11) is 1.64. The second-order valence-electron chi connectivity index (χ2n) is 4.79. The fraction of sp³-hybridized carbons (Fsp3) is 0.385. The lowest BCUT2D eigenvalue weighted by molar-refractivity contribution is -0.149. The molecule has 1 aromatic carbocycles. The van der Waals surface area contributed by atoms with Crippen molar-refractivity contribution in [3.63, 3.8) is 0 Å². The average Bonchev–Trinajstić information content (AvgIpc) is 2.28. The number of anilines is 1. The summed E-state index contributed by atoms with van der Waals surface area (Å²) in [4.78, 5) is 24.5. The van der Waals surface area contributed by atoms with E-state index in [0.717, 1.165) is 10.2 Å². The number of carboxylic acids is 1. The number of halogens is 1. The van der Waals surface area contributed by atoms with E-state index in [1.807, 2.05) is 12.1 Å². The lowest BCUT2D eigenvalue weighted by Crippen LogP contribution is -2.34. The number of aliphatic carboxylic acids is 1. The first-order chi connectivity index (χ1) is 8.24. The number of nitrogens with zero attached hydrogens (tertiary/aromatic N) is 1. The monoisotopic (exact) mass is 313 g/mol. The van der Waals surface area contributed by atoms with Crippen LogP contribution in [0.4, 0.5) is 5.69 Å². The van der Waals surface area contributed by atoms with Gasteiger partial charge in [0.1, 0.15) is 0 Å². The second kappa shape index (κ2) is 5.52. The van der Waals surface area contributed by atoms with Gasteiger partial charge in [-0.3, -0.25) is 9.59 Å². The fourth-order valence-corrected chi connectivity index (χ4v) is 1.65. The molecule has 0 radical (unpaired) electrons. The predicted octanol–water partition coefficient (Wildman–Crippen LogP) is 2.91. The molecule has 5 heteroatoms. The fourth-order valence-electron chi connectivity index (χ4n) is 1.38. The maximum Gasteiger partial charge on any atom is 0.309 e. The largest absolute Gasteiger partial charge is 0.481 e. The van der Waals surface area contributed by atoms with E-state index in [4.69, 9.17) is 5.11 Å². The minimum Gasteiger partial charge on any atom is -0.481 e. The molecule has 0 atom stereocenters. The van der Waals surface area contributed by atoms with Gasteiger partial charge in [-0.1, -0.05) is 15.9 Å². The van der Waals surface area contributed by atoms with Gasteiger partial charge < -0.3 is 10.0 Å². The third kappa shape index (κ3) is 3.57. The number of benzene rings is 1. The molecule has 0 unspecified atom stereocenters. The van der Waals surface area contributed by atoms with E-state index in [1.165, 1.54) is 4.90 Å². The zero-order valence-corrected chi connectivity index (χ0v) is 12.2. The minimum absolute atomic E-state index is 0.0328. The van der Waals surface area contributed by atoms with Crippen molar-refractivity contribution in [2.24, 2.45) is 5.41 Å². The van der Waals surface area contributed by atoms with Gasteiger partial charge in [0.2, 0.25) is 5.91 Å². The molecular formula is C13H16BrNO3. The average molecular weight is 314 g/mol. The third-order valence-corrected chi connectivity index (χ3v) is 3.29. The van der Waals surface area contributed by atoms with Gasteiger partial charge in [0.25, 0.3) is 0 Å². The Labute approximate surface area is 115 Å².